The number of hydrogen-bond acceptors (Lipinski definition) is 9. The van der Waals surface area contributed by atoms with Gasteiger partial charge < -0.3 is 5.43 Å². The SMILES string of the molecule is Cc1ccc(C(NNc2ccc([N+](=O)[O-])cc2[N+](=O)[O-])n2cnnn2)cc1. The largest absolute Gasteiger partial charge is 0.313 e. The van der Waals surface area contributed by atoms with Gasteiger partial charge in [-0.3, -0.25) is 20.2 Å². The number of nitro benzene ring substituents is 2. The monoisotopic (exact) mass is 370 g/mol. The number of aryl methyl sites for hydroxylation is 1. The van der Waals surface area contributed by atoms with Gasteiger partial charge in [-0.1, -0.05) is 29.8 Å². The number of tetrazole rings is 1. The third-order valence-corrected chi connectivity index (χ3v) is 3.75. The van der Waals surface area contributed by atoms with E-state index in [-0.39, 0.29) is 11.4 Å². The average molecular weight is 370 g/mol. The van der Waals surface area contributed by atoms with Gasteiger partial charge in [-0.15, -0.1) is 5.10 Å². The van der Waals surface area contributed by atoms with Crippen LogP contribution in [0.3, 0.4) is 0 Å². The molecule has 0 bridgehead atoms. The molecule has 12 nitrogen and oxygen atoms in total. The van der Waals surface area contributed by atoms with Crippen LogP contribution in [-0.2, 0) is 0 Å². The second-order valence-corrected chi connectivity index (χ2v) is 5.59. The fourth-order valence-electron chi connectivity index (χ4n) is 2.37. The second-order valence-electron chi connectivity index (χ2n) is 5.59. The summed E-state index contributed by atoms with van der Waals surface area (Å²) in [6, 6.07) is 10.9. The molecule has 1 unspecified atom stereocenters. The van der Waals surface area contributed by atoms with E-state index in [9.17, 15) is 20.2 Å². The number of aromatic nitrogens is 4. The van der Waals surface area contributed by atoms with Gasteiger partial charge in [0.2, 0.25) is 0 Å². The van der Waals surface area contributed by atoms with Gasteiger partial charge in [0, 0.05) is 6.07 Å². The molecule has 0 saturated carbocycles. The molecule has 0 aliphatic rings. The Morgan fingerprint density at radius 2 is 1.81 bits per heavy atom. The predicted octanol–water partition coefficient (Wildman–Crippen LogP) is 1.96. The van der Waals surface area contributed by atoms with Gasteiger partial charge in [0.05, 0.1) is 15.9 Å². The molecule has 12 heteroatoms. The molecule has 0 aliphatic heterocycles. The molecule has 138 valence electrons. The zero-order chi connectivity index (χ0) is 19.4. The van der Waals surface area contributed by atoms with Gasteiger partial charge >= 0.3 is 5.69 Å². The summed E-state index contributed by atoms with van der Waals surface area (Å²) in [5, 5.41) is 33.1. The maximum Gasteiger partial charge on any atom is 0.300 e. The molecule has 3 aromatic rings. The van der Waals surface area contributed by atoms with Gasteiger partial charge in [-0.05, 0) is 29.0 Å². The third-order valence-electron chi connectivity index (χ3n) is 3.75. The summed E-state index contributed by atoms with van der Waals surface area (Å²) in [4.78, 5) is 20.7. The molecule has 0 spiro atoms. The number of anilines is 1. The molecular formula is C15H14N8O4. The van der Waals surface area contributed by atoms with E-state index in [1.807, 2.05) is 31.2 Å². The van der Waals surface area contributed by atoms with Gasteiger partial charge in [0.25, 0.3) is 5.69 Å². The smallest absolute Gasteiger partial charge is 0.300 e. The minimum absolute atomic E-state index is 0.0655. The molecule has 0 amide bonds. The third kappa shape index (κ3) is 4.01. The van der Waals surface area contributed by atoms with Crippen LogP contribution in [0.4, 0.5) is 17.1 Å². The van der Waals surface area contributed by atoms with Crippen LogP contribution >= 0.6 is 0 Å². The van der Waals surface area contributed by atoms with E-state index in [2.05, 4.69) is 26.4 Å². The lowest BCUT2D eigenvalue weighted by molar-refractivity contribution is -0.393. The molecule has 0 fully saturated rings. The normalized spacial score (nSPS) is 11.7. The highest BCUT2D eigenvalue weighted by Gasteiger charge is 2.21. The Hall–Kier alpha value is -3.93. The fraction of sp³-hybridized carbons (Fsp3) is 0.133. The summed E-state index contributed by atoms with van der Waals surface area (Å²) < 4.78 is 1.43. The Labute approximate surface area is 152 Å². The number of benzene rings is 2. The molecule has 1 aromatic heterocycles. The Balaban J connectivity index is 1.89. The van der Waals surface area contributed by atoms with Crippen molar-refractivity contribution < 1.29 is 9.85 Å². The maximum absolute atomic E-state index is 11.3. The minimum atomic E-state index is -0.699. The van der Waals surface area contributed by atoms with Crippen molar-refractivity contribution in [3.8, 4) is 0 Å². The van der Waals surface area contributed by atoms with Crippen molar-refractivity contribution in [1.82, 2.24) is 25.6 Å². The van der Waals surface area contributed by atoms with E-state index in [1.54, 1.807) is 0 Å². The van der Waals surface area contributed by atoms with E-state index in [4.69, 9.17) is 0 Å². The Kier molecular flexibility index (Phi) is 4.99. The van der Waals surface area contributed by atoms with E-state index in [1.165, 1.54) is 23.1 Å². The van der Waals surface area contributed by atoms with E-state index < -0.39 is 21.7 Å². The van der Waals surface area contributed by atoms with Crippen LogP contribution in [0.1, 0.15) is 17.3 Å². The van der Waals surface area contributed by atoms with E-state index >= 15 is 0 Å². The molecule has 27 heavy (non-hydrogen) atoms. The highest BCUT2D eigenvalue weighted by molar-refractivity contribution is 5.64. The van der Waals surface area contributed by atoms with Crippen LogP contribution in [0.15, 0.2) is 48.8 Å². The average Bonchev–Trinajstić information content (AvgIpc) is 3.17. The van der Waals surface area contributed by atoms with Gasteiger partial charge in [-0.25, -0.2) is 10.1 Å². The predicted molar refractivity (Wildman–Crippen MR) is 93.6 cm³/mol. The molecule has 2 aromatic carbocycles. The maximum atomic E-state index is 11.3. The van der Waals surface area contributed by atoms with Crippen LogP contribution in [0.5, 0.6) is 0 Å². The first kappa shape index (κ1) is 17.9. The minimum Gasteiger partial charge on any atom is -0.313 e. The van der Waals surface area contributed by atoms with Crippen LogP contribution in [-0.4, -0.2) is 30.1 Å². The van der Waals surface area contributed by atoms with Crippen molar-refractivity contribution >= 4 is 17.1 Å². The molecule has 1 atom stereocenters. The lowest BCUT2D eigenvalue weighted by Gasteiger charge is -2.20. The number of nitrogens with zero attached hydrogens (tertiary/aromatic N) is 6. The number of nitro groups is 2. The zero-order valence-electron chi connectivity index (χ0n) is 14.0. The van der Waals surface area contributed by atoms with Gasteiger partial charge in [0.15, 0.2) is 0 Å². The quantitative estimate of drug-likeness (QED) is 0.469. The summed E-state index contributed by atoms with van der Waals surface area (Å²) in [7, 11) is 0. The number of rotatable bonds is 7. The summed E-state index contributed by atoms with van der Waals surface area (Å²) in [6.07, 6.45) is 0.819. The van der Waals surface area contributed by atoms with E-state index in [0.29, 0.717) is 0 Å². The van der Waals surface area contributed by atoms with Crippen LogP contribution in [0, 0.1) is 27.2 Å². The molecule has 0 aliphatic carbocycles. The molecule has 2 N–H and O–H groups in total. The number of nitrogens with one attached hydrogen (secondary N) is 2. The number of hydrazine groups is 1. The van der Waals surface area contributed by atoms with Crippen molar-refractivity contribution in [3.63, 3.8) is 0 Å². The first-order valence-corrected chi connectivity index (χ1v) is 7.69. The first-order chi connectivity index (χ1) is 13.0. The summed E-state index contributed by atoms with van der Waals surface area (Å²) in [6.45, 7) is 1.95. The van der Waals surface area contributed by atoms with Gasteiger partial charge in [0.1, 0.15) is 18.2 Å². The van der Waals surface area contributed by atoms with Crippen molar-refractivity contribution in [1.29, 1.82) is 0 Å². The molecular weight excluding hydrogens is 356 g/mol. The Morgan fingerprint density at radius 1 is 1.07 bits per heavy atom. The van der Waals surface area contributed by atoms with Crippen molar-refractivity contribution in [2.75, 3.05) is 5.43 Å². The van der Waals surface area contributed by atoms with Crippen molar-refractivity contribution in [2.24, 2.45) is 0 Å². The molecule has 0 radical (unpaired) electrons. The van der Waals surface area contributed by atoms with Crippen LogP contribution in [0.2, 0.25) is 0 Å². The number of hydrogen-bond donors (Lipinski definition) is 2. The summed E-state index contributed by atoms with van der Waals surface area (Å²) >= 11 is 0. The van der Waals surface area contributed by atoms with Crippen LogP contribution in [0.25, 0.3) is 0 Å². The lowest BCUT2D eigenvalue weighted by atomic mass is 10.1. The highest BCUT2D eigenvalue weighted by atomic mass is 16.6. The topological polar surface area (TPSA) is 154 Å². The first-order valence-electron chi connectivity index (χ1n) is 7.69. The van der Waals surface area contributed by atoms with Gasteiger partial charge in [-0.2, -0.15) is 0 Å². The Bertz CT molecular complexity index is 958. The molecule has 0 saturated heterocycles. The second kappa shape index (κ2) is 7.53. The highest BCUT2D eigenvalue weighted by Crippen LogP contribution is 2.29. The van der Waals surface area contributed by atoms with Crippen LogP contribution < -0.4 is 10.9 Å². The fourth-order valence-corrected chi connectivity index (χ4v) is 2.37. The summed E-state index contributed by atoms with van der Waals surface area (Å²) in [5.41, 5.74) is 6.76. The zero-order valence-corrected chi connectivity index (χ0v) is 14.0. The number of non-ortho nitro benzene ring substituents is 1. The van der Waals surface area contributed by atoms with E-state index in [0.717, 1.165) is 17.2 Å². The standard InChI is InChI=1S/C15H14N8O4/c1-10-2-4-11(5-3-10)15(21-9-16-19-20-21)18-17-13-7-6-12(22(24)25)8-14(13)23(26)27/h2-9,15,17-18H,1H3. The lowest BCUT2D eigenvalue weighted by Crippen LogP contribution is -2.33. The van der Waals surface area contributed by atoms with Crippen molar-refractivity contribution in [3.05, 3.63) is 80.1 Å². The molecule has 3 rings (SSSR count). The molecule has 1 heterocycles. The Morgan fingerprint density at radius 3 is 2.41 bits per heavy atom. The summed E-state index contributed by atoms with van der Waals surface area (Å²) in [5.74, 6) is 0. The van der Waals surface area contributed by atoms with Crippen molar-refractivity contribution in [2.45, 2.75) is 13.1 Å².